The second-order valence-electron chi connectivity index (χ2n) is 11.3. The number of aliphatic hydroxyl groups excluding tert-OH is 1. The molecule has 13 nitrogen and oxygen atoms in total. The molecule has 2 aromatic rings. The summed E-state index contributed by atoms with van der Waals surface area (Å²) < 4.78 is 50.1. The fourth-order valence-electron chi connectivity index (χ4n) is 4.61. The number of nitrogens with one attached hydrogen (secondary N) is 2. The number of hydrogen-bond donors (Lipinski definition) is 4. The lowest BCUT2D eigenvalue weighted by Gasteiger charge is -2.43. The third-order valence-electron chi connectivity index (χ3n) is 6.89. The third kappa shape index (κ3) is 15.3. The van der Waals surface area contributed by atoms with Crippen LogP contribution in [-0.2, 0) is 41.2 Å². The van der Waals surface area contributed by atoms with Crippen molar-refractivity contribution in [3.8, 4) is 0 Å². The molecule has 0 aliphatic rings. The Bertz CT molecular complexity index is 1360. The van der Waals surface area contributed by atoms with Crippen LogP contribution in [0.1, 0.15) is 34.6 Å². The highest BCUT2D eigenvalue weighted by Crippen LogP contribution is 2.48. The van der Waals surface area contributed by atoms with Crippen LogP contribution in [0.5, 0.6) is 0 Å². The highest BCUT2D eigenvalue weighted by Gasteiger charge is 2.50. The fraction of sp³-hybridized carbons (Fsp3) is 0.438. The Morgan fingerprint density at radius 2 is 1.10 bits per heavy atom. The van der Waals surface area contributed by atoms with Crippen molar-refractivity contribution in [2.24, 2.45) is 0 Å². The molecule has 0 aromatic heterocycles. The first kappa shape index (κ1) is 48.3. The van der Waals surface area contributed by atoms with E-state index in [0.717, 1.165) is 10.4 Å². The van der Waals surface area contributed by atoms with Crippen LogP contribution < -0.4 is 27.2 Å². The zero-order chi connectivity index (χ0) is 35.7. The molecular formula is C32H54FN3O10P2Si. The average Bonchev–Trinajstić information content (AvgIpc) is 3.05. The van der Waals surface area contributed by atoms with Crippen molar-refractivity contribution in [2.45, 2.75) is 51.7 Å². The van der Waals surface area contributed by atoms with E-state index in [9.17, 15) is 18.7 Å². The standard InChI is InChI=1S/C24H34NO5PSi.C8H16NO5P.FH.H3N/c1-20(26)25-21(17-18-31(27,28-5)29-6)19-30-32(24(2,3)4,22-13-9-7-10-14-22)23-15-11-8-12-16-23;1-7(11)9-8(6-10)4-5-15(12,13-2)14-3;;/h7-18,21H,19H2,1-6H3,(H,25,26);4-5,8,10H,6H2,1-3H3,(H,9,11);1H;1H3/b18-17+;5-4+;;. The van der Waals surface area contributed by atoms with E-state index >= 15 is 0 Å². The van der Waals surface area contributed by atoms with Gasteiger partial charge in [0.1, 0.15) is 0 Å². The second kappa shape index (κ2) is 22.8. The summed E-state index contributed by atoms with van der Waals surface area (Å²) >= 11 is 0. The molecule has 0 radical (unpaired) electrons. The van der Waals surface area contributed by atoms with E-state index in [-0.39, 0.29) is 40.9 Å². The highest BCUT2D eigenvalue weighted by molar-refractivity contribution is 7.57. The van der Waals surface area contributed by atoms with Crippen LogP contribution in [0.4, 0.5) is 4.70 Å². The van der Waals surface area contributed by atoms with E-state index in [4.69, 9.17) is 18.6 Å². The first-order chi connectivity index (χ1) is 22.0. The van der Waals surface area contributed by atoms with Gasteiger partial charge in [-0.1, -0.05) is 93.6 Å². The number of hydrogen-bond acceptors (Lipinski definition) is 11. The number of halogens is 1. The zero-order valence-electron chi connectivity index (χ0n) is 29.8. The summed E-state index contributed by atoms with van der Waals surface area (Å²) in [7, 11) is -4.23. The summed E-state index contributed by atoms with van der Waals surface area (Å²) in [6.45, 7) is 9.24. The summed E-state index contributed by atoms with van der Waals surface area (Å²) in [5.41, 5.74) is 0. The molecule has 0 aliphatic carbocycles. The summed E-state index contributed by atoms with van der Waals surface area (Å²) in [5, 5.41) is 16.3. The predicted octanol–water partition coefficient (Wildman–Crippen LogP) is 4.86. The molecule has 0 spiro atoms. The van der Waals surface area contributed by atoms with E-state index < -0.39 is 35.6 Å². The maximum atomic E-state index is 12.5. The maximum absolute atomic E-state index is 12.5. The quantitative estimate of drug-likeness (QED) is 0.135. The molecule has 0 heterocycles. The van der Waals surface area contributed by atoms with Gasteiger partial charge in [-0.25, -0.2) is 0 Å². The Balaban J connectivity index is 0. The molecule has 0 saturated heterocycles. The number of benzene rings is 2. The fourth-order valence-corrected chi connectivity index (χ4v) is 10.8. The monoisotopic (exact) mass is 749 g/mol. The Morgan fingerprint density at radius 1 is 0.755 bits per heavy atom. The van der Waals surface area contributed by atoms with E-state index in [1.807, 2.05) is 36.4 Å². The summed E-state index contributed by atoms with van der Waals surface area (Å²) in [5.74, 6) is 2.06. The first-order valence-electron chi connectivity index (χ1n) is 14.8. The molecule has 49 heavy (non-hydrogen) atoms. The predicted molar refractivity (Wildman–Crippen MR) is 195 cm³/mol. The summed E-state index contributed by atoms with van der Waals surface area (Å²) in [4.78, 5) is 22.5. The van der Waals surface area contributed by atoms with Crippen LogP contribution in [0.3, 0.4) is 0 Å². The Kier molecular flexibility index (Phi) is 22.5. The number of aliphatic hydroxyl groups is 1. The molecule has 0 saturated carbocycles. The van der Waals surface area contributed by atoms with E-state index in [1.54, 1.807) is 6.08 Å². The number of rotatable bonds is 16. The molecule has 6 N–H and O–H groups in total. The van der Waals surface area contributed by atoms with Gasteiger partial charge in [-0.2, -0.15) is 0 Å². The molecule has 2 amide bonds. The van der Waals surface area contributed by atoms with Gasteiger partial charge >= 0.3 is 15.2 Å². The Labute approximate surface area is 290 Å². The third-order valence-corrected chi connectivity index (χ3v) is 15.0. The van der Waals surface area contributed by atoms with Crippen molar-refractivity contribution >= 4 is 45.7 Å². The SMILES string of the molecule is COP(=O)(/C=C/C(CO)NC(C)=O)OC.COP(=O)(/C=C/C(CO[Si](c1ccccc1)(c1ccccc1)C(C)(C)C)NC(C)=O)OC.F.N. The van der Waals surface area contributed by atoms with Crippen molar-refractivity contribution in [2.75, 3.05) is 41.7 Å². The van der Waals surface area contributed by atoms with Crippen LogP contribution in [-0.4, -0.2) is 79.0 Å². The normalized spacial score (nSPS) is 13.3. The van der Waals surface area contributed by atoms with Gasteiger partial charge in [0.05, 0.1) is 25.3 Å². The zero-order valence-corrected chi connectivity index (χ0v) is 32.6. The van der Waals surface area contributed by atoms with Crippen LogP contribution >= 0.6 is 15.2 Å². The van der Waals surface area contributed by atoms with Crippen molar-refractivity contribution in [3.05, 3.63) is 84.4 Å². The highest BCUT2D eigenvalue weighted by atomic mass is 31.2. The minimum absolute atomic E-state index is 0. The van der Waals surface area contributed by atoms with Crippen LogP contribution in [0.15, 0.2) is 84.4 Å². The molecule has 2 unspecified atom stereocenters. The number of carbonyl (C=O) groups is 2. The lowest BCUT2D eigenvalue weighted by molar-refractivity contribution is -0.120. The second-order valence-corrected chi connectivity index (χ2v) is 19.8. The Hall–Kier alpha value is -2.81. The van der Waals surface area contributed by atoms with Gasteiger partial charge in [0, 0.05) is 53.9 Å². The van der Waals surface area contributed by atoms with Crippen molar-refractivity contribution in [1.82, 2.24) is 16.8 Å². The molecule has 2 rings (SSSR count). The van der Waals surface area contributed by atoms with E-state index in [2.05, 4.69) is 64.7 Å². The number of carbonyl (C=O) groups excluding carboxylic acids is 2. The number of amides is 2. The smallest absolute Gasteiger partial charge is 0.353 e. The van der Waals surface area contributed by atoms with Gasteiger partial charge in [0.25, 0.3) is 8.32 Å². The van der Waals surface area contributed by atoms with Crippen LogP contribution in [0.25, 0.3) is 0 Å². The lowest BCUT2D eigenvalue weighted by atomic mass is 10.2. The van der Waals surface area contributed by atoms with Crippen molar-refractivity contribution in [1.29, 1.82) is 0 Å². The molecule has 0 bridgehead atoms. The Morgan fingerprint density at radius 3 is 1.41 bits per heavy atom. The van der Waals surface area contributed by atoms with Crippen molar-refractivity contribution < 1.29 is 51.1 Å². The molecular weight excluding hydrogens is 695 g/mol. The molecule has 2 atom stereocenters. The topological polar surface area (TPSA) is 194 Å². The van der Waals surface area contributed by atoms with Gasteiger partial charge in [-0.05, 0) is 15.4 Å². The van der Waals surface area contributed by atoms with E-state index in [1.165, 1.54) is 60.0 Å². The summed E-state index contributed by atoms with van der Waals surface area (Å²) in [6.07, 6.45) is 2.99. The molecule has 17 heteroatoms. The van der Waals surface area contributed by atoms with Gasteiger partial charge in [-0.15, -0.1) is 0 Å². The molecule has 0 aliphatic heterocycles. The minimum Gasteiger partial charge on any atom is -0.405 e. The van der Waals surface area contributed by atoms with Crippen LogP contribution in [0, 0.1) is 0 Å². The first-order valence-corrected chi connectivity index (χ1v) is 19.9. The molecule has 0 fully saturated rings. The van der Waals surface area contributed by atoms with Gasteiger partial charge in [0.2, 0.25) is 11.8 Å². The largest absolute Gasteiger partial charge is 0.405 e. The van der Waals surface area contributed by atoms with Crippen molar-refractivity contribution in [3.63, 3.8) is 0 Å². The maximum Gasteiger partial charge on any atom is 0.353 e. The van der Waals surface area contributed by atoms with Crippen LogP contribution in [0.2, 0.25) is 5.04 Å². The van der Waals surface area contributed by atoms with E-state index in [0.29, 0.717) is 0 Å². The average molecular weight is 750 g/mol. The lowest BCUT2D eigenvalue weighted by Crippen LogP contribution is -2.67. The molecule has 2 aromatic carbocycles. The van der Waals surface area contributed by atoms with Gasteiger partial charge in [-0.3, -0.25) is 23.4 Å². The van der Waals surface area contributed by atoms with Gasteiger partial charge < -0.3 is 44.4 Å². The molecule has 278 valence electrons. The van der Waals surface area contributed by atoms with Gasteiger partial charge in [0.15, 0.2) is 0 Å². The summed E-state index contributed by atoms with van der Waals surface area (Å²) in [6, 6.07) is 19.4. The minimum atomic E-state index is -3.37.